The molecule has 5 rings (SSSR count). The van der Waals surface area contributed by atoms with E-state index in [-0.39, 0.29) is 49.1 Å². The number of likely N-dealkylation sites (tertiary alicyclic amines) is 1. The van der Waals surface area contributed by atoms with Crippen molar-refractivity contribution in [1.29, 1.82) is 0 Å². The third kappa shape index (κ3) is 12.0. The highest BCUT2D eigenvalue weighted by molar-refractivity contribution is 7.55. The van der Waals surface area contributed by atoms with Crippen LogP contribution in [-0.4, -0.2) is 75.1 Å². The van der Waals surface area contributed by atoms with Crippen LogP contribution in [0, 0.1) is 11.8 Å². The average molecular weight is 868 g/mol. The molecule has 1 aliphatic rings. The Labute approximate surface area is 354 Å². The molecule has 0 aliphatic carbocycles. The number of carbonyl (C=O) groups excluding carboxylic acids is 4. The van der Waals surface area contributed by atoms with Crippen LogP contribution in [0.4, 0.5) is 0 Å². The van der Waals surface area contributed by atoms with Gasteiger partial charge in [0.25, 0.3) is 5.91 Å². The number of hydrogen-bond donors (Lipinski definition) is 3. The van der Waals surface area contributed by atoms with Crippen LogP contribution in [-0.2, 0) is 30.3 Å². The van der Waals surface area contributed by atoms with Crippen LogP contribution in [0.2, 0.25) is 10.0 Å². The van der Waals surface area contributed by atoms with Gasteiger partial charge in [0, 0.05) is 25.4 Å². The summed E-state index contributed by atoms with van der Waals surface area (Å²) in [6.07, 6.45) is 3.66. The highest BCUT2D eigenvalue weighted by Gasteiger charge is 2.47. The molecule has 2 heterocycles. The number of nitrogens with one attached hydrogen (secondary N) is 3. The smallest absolute Gasteiger partial charge is 0.415 e. The van der Waals surface area contributed by atoms with E-state index in [1.54, 1.807) is 113 Å². The van der Waals surface area contributed by atoms with Crippen molar-refractivity contribution in [3.8, 4) is 11.5 Å². The molecule has 314 valence electrons. The first-order valence-electron chi connectivity index (χ1n) is 19.3. The van der Waals surface area contributed by atoms with Gasteiger partial charge in [-0.15, -0.1) is 0 Å². The van der Waals surface area contributed by atoms with E-state index in [4.69, 9.17) is 37.0 Å². The predicted molar refractivity (Wildman–Crippen MR) is 224 cm³/mol. The standard InChI is InChI=1S/C42H49Cl2N6O8P/c1-6-36(59(55,57-29-13-9-7-10-14-29)58-30-15-11-8-12-16-30)47-40(52)35-22-31(56-25-28-17-18-32(43)33(44)21-28)24-50(35)42(54)38(27(4)5)49-41(53)37(26(2)3)48-39(51)34-23-45-19-20-46-34/h7-21,23,26-27,31,35-38H,6,22,24-25H2,1-5H3,(H,47,52)(H,48,51)(H,49,53)/t31-,35+,36-,37+,38+/m1/s1. The van der Waals surface area contributed by atoms with Gasteiger partial charge in [-0.2, -0.15) is 0 Å². The molecule has 1 aromatic heterocycles. The fourth-order valence-corrected chi connectivity index (χ4v) is 8.60. The van der Waals surface area contributed by atoms with Crippen LogP contribution in [0.5, 0.6) is 11.5 Å². The fourth-order valence-electron chi connectivity index (χ4n) is 6.42. The summed E-state index contributed by atoms with van der Waals surface area (Å²) in [5.74, 6) is -3.79. The zero-order chi connectivity index (χ0) is 42.7. The van der Waals surface area contributed by atoms with Crippen molar-refractivity contribution in [3.05, 3.63) is 119 Å². The quantitative estimate of drug-likeness (QED) is 0.0877. The molecule has 3 N–H and O–H groups in total. The lowest BCUT2D eigenvalue weighted by Gasteiger charge is -2.33. The molecule has 0 spiro atoms. The van der Waals surface area contributed by atoms with Gasteiger partial charge < -0.3 is 34.6 Å². The molecular weight excluding hydrogens is 818 g/mol. The number of hydrogen-bond acceptors (Lipinski definition) is 10. The lowest BCUT2D eigenvalue weighted by atomic mass is 9.99. The van der Waals surface area contributed by atoms with Crippen molar-refractivity contribution in [2.75, 3.05) is 6.54 Å². The SMILES string of the molecule is CC[C@H](NC(=O)[C@@H]1C[C@@H](OCc2ccc(Cl)c(Cl)c2)CN1C(=O)[C@@H](NC(=O)[C@@H](NC(=O)c1cnccn1)C(C)C)C(C)C)P(=O)(Oc1ccccc1)Oc1ccccc1. The van der Waals surface area contributed by atoms with E-state index >= 15 is 0 Å². The number of benzene rings is 3. The van der Waals surface area contributed by atoms with E-state index in [9.17, 15) is 23.7 Å². The van der Waals surface area contributed by atoms with Crippen LogP contribution in [0.15, 0.2) is 97.5 Å². The Kier molecular flexibility index (Phi) is 15.9. The van der Waals surface area contributed by atoms with Crippen molar-refractivity contribution in [3.63, 3.8) is 0 Å². The van der Waals surface area contributed by atoms with E-state index < -0.39 is 67.2 Å². The van der Waals surface area contributed by atoms with Gasteiger partial charge in [-0.25, -0.2) is 9.55 Å². The summed E-state index contributed by atoms with van der Waals surface area (Å²) in [4.78, 5) is 65.3. The molecule has 4 aromatic rings. The number of aromatic nitrogens is 2. The molecule has 5 atom stereocenters. The van der Waals surface area contributed by atoms with Gasteiger partial charge in [-0.1, -0.05) is 100 Å². The summed E-state index contributed by atoms with van der Waals surface area (Å²) in [6, 6.07) is 18.8. The third-order valence-electron chi connectivity index (χ3n) is 9.61. The molecular formula is C42H49Cl2N6O8P. The van der Waals surface area contributed by atoms with Gasteiger partial charge in [0.05, 0.1) is 29.0 Å². The number of nitrogens with zero attached hydrogens (tertiary/aromatic N) is 3. The molecule has 59 heavy (non-hydrogen) atoms. The first kappa shape index (κ1) is 45.1. The van der Waals surface area contributed by atoms with E-state index in [2.05, 4.69) is 25.9 Å². The van der Waals surface area contributed by atoms with E-state index in [0.717, 1.165) is 5.56 Å². The zero-order valence-corrected chi connectivity index (χ0v) is 35.8. The summed E-state index contributed by atoms with van der Waals surface area (Å²) in [7, 11) is -4.19. The van der Waals surface area contributed by atoms with Gasteiger partial charge in [0.1, 0.15) is 35.3 Å². The molecule has 1 aliphatic heterocycles. The van der Waals surface area contributed by atoms with Crippen LogP contribution >= 0.6 is 30.8 Å². The van der Waals surface area contributed by atoms with Crippen LogP contribution < -0.4 is 25.0 Å². The minimum Gasteiger partial charge on any atom is -0.415 e. The third-order valence-corrected chi connectivity index (χ3v) is 12.5. The van der Waals surface area contributed by atoms with Crippen LogP contribution in [0.25, 0.3) is 0 Å². The highest BCUT2D eigenvalue weighted by Crippen LogP contribution is 2.53. The van der Waals surface area contributed by atoms with E-state index in [1.807, 2.05) is 0 Å². The Morgan fingerprint density at radius 2 is 1.46 bits per heavy atom. The maximum absolute atomic E-state index is 14.8. The summed E-state index contributed by atoms with van der Waals surface area (Å²) >= 11 is 12.4. The number of rotatable bonds is 18. The number of amides is 4. The number of carbonyl (C=O) groups is 4. The maximum Gasteiger partial charge on any atom is 0.452 e. The highest BCUT2D eigenvalue weighted by atomic mass is 35.5. The van der Waals surface area contributed by atoms with Crippen molar-refractivity contribution < 1.29 is 37.5 Å². The van der Waals surface area contributed by atoms with Crippen molar-refractivity contribution in [2.24, 2.45) is 11.8 Å². The lowest BCUT2D eigenvalue weighted by molar-refractivity contribution is -0.143. The van der Waals surface area contributed by atoms with E-state index in [1.165, 1.54) is 23.5 Å². The number of ether oxygens (including phenoxy) is 1. The fraction of sp³-hybridized carbons (Fsp3) is 0.381. The summed E-state index contributed by atoms with van der Waals surface area (Å²) in [6.45, 7) is 8.88. The minimum absolute atomic E-state index is 0.0101. The number of para-hydroxylation sites is 2. The molecule has 17 heteroatoms. The second kappa shape index (κ2) is 20.8. The van der Waals surface area contributed by atoms with E-state index in [0.29, 0.717) is 10.0 Å². The molecule has 0 bridgehead atoms. The van der Waals surface area contributed by atoms with Crippen molar-refractivity contribution >= 4 is 54.4 Å². The Morgan fingerprint density at radius 1 is 0.831 bits per heavy atom. The first-order valence-corrected chi connectivity index (χ1v) is 21.7. The molecule has 14 nitrogen and oxygen atoms in total. The molecule has 1 fully saturated rings. The van der Waals surface area contributed by atoms with Gasteiger partial charge in [-0.05, 0) is 60.2 Å². The second-order valence-electron chi connectivity index (χ2n) is 14.7. The molecule has 0 radical (unpaired) electrons. The molecule has 3 aromatic carbocycles. The maximum atomic E-state index is 14.8. The Balaban J connectivity index is 1.41. The van der Waals surface area contributed by atoms with Gasteiger partial charge in [0.2, 0.25) is 17.7 Å². The predicted octanol–water partition coefficient (Wildman–Crippen LogP) is 7.07. The molecule has 0 saturated carbocycles. The Morgan fingerprint density at radius 3 is 2.00 bits per heavy atom. The normalized spacial score (nSPS) is 16.9. The largest absolute Gasteiger partial charge is 0.452 e. The Bertz CT molecular complexity index is 2060. The van der Waals surface area contributed by atoms with Gasteiger partial charge in [-0.3, -0.25) is 24.2 Å². The van der Waals surface area contributed by atoms with Crippen LogP contribution in [0.3, 0.4) is 0 Å². The molecule has 1 saturated heterocycles. The van der Waals surface area contributed by atoms with Crippen molar-refractivity contribution in [1.82, 2.24) is 30.8 Å². The summed E-state index contributed by atoms with van der Waals surface area (Å²) in [5, 5.41) is 9.16. The van der Waals surface area contributed by atoms with Crippen LogP contribution in [0.1, 0.15) is 63.5 Å². The average Bonchev–Trinajstić information content (AvgIpc) is 3.66. The minimum atomic E-state index is -4.19. The van der Waals surface area contributed by atoms with Gasteiger partial charge in [0.15, 0.2) is 5.78 Å². The first-order chi connectivity index (χ1) is 28.2. The number of halogens is 2. The van der Waals surface area contributed by atoms with Crippen molar-refractivity contribution in [2.45, 2.75) is 84.1 Å². The molecule has 4 amide bonds. The second-order valence-corrected chi connectivity index (χ2v) is 17.6. The summed E-state index contributed by atoms with van der Waals surface area (Å²) in [5.41, 5.74) is 0.752. The zero-order valence-electron chi connectivity index (χ0n) is 33.4. The molecule has 0 unspecified atom stereocenters. The Hall–Kier alpha value is -5.01. The van der Waals surface area contributed by atoms with Gasteiger partial charge >= 0.3 is 7.60 Å². The summed E-state index contributed by atoms with van der Waals surface area (Å²) < 4.78 is 33.1. The lowest BCUT2D eigenvalue weighted by Crippen LogP contribution is -2.59. The topological polar surface area (TPSA) is 178 Å². The monoisotopic (exact) mass is 866 g/mol.